The number of fused-ring (bicyclic) bond motifs is 2. The highest BCUT2D eigenvalue weighted by Crippen LogP contribution is 2.31. The van der Waals surface area contributed by atoms with Crippen molar-refractivity contribution in [3.8, 4) is 0 Å². The van der Waals surface area contributed by atoms with E-state index in [1.54, 1.807) is 0 Å². The minimum Gasteiger partial charge on any atom is -0.478 e. The molecule has 0 aliphatic carbocycles. The van der Waals surface area contributed by atoms with Gasteiger partial charge in [-0.3, -0.25) is 9.88 Å². The molecule has 0 radical (unpaired) electrons. The fourth-order valence-electron chi connectivity index (χ4n) is 2.80. The lowest BCUT2D eigenvalue weighted by Crippen LogP contribution is -2.32. The van der Waals surface area contributed by atoms with Crippen LogP contribution in [0.25, 0.3) is 10.9 Å². The van der Waals surface area contributed by atoms with Crippen LogP contribution >= 0.6 is 15.9 Å². The van der Waals surface area contributed by atoms with Gasteiger partial charge in [0.2, 0.25) is 0 Å². The number of hydrogen-bond donors (Lipinski definition) is 1. The molecule has 0 fully saturated rings. The highest BCUT2D eigenvalue weighted by molar-refractivity contribution is 9.10. The summed E-state index contributed by atoms with van der Waals surface area (Å²) in [5, 5.41) is 10.3. The van der Waals surface area contributed by atoms with Crippen LogP contribution in [0, 0.1) is 0 Å². The molecule has 0 amide bonds. The second-order valence-corrected chi connectivity index (χ2v) is 5.83. The number of para-hydroxylation sites is 1. The Labute approximate surface area is 125 Å². The third-order valence-electron chi connectivity index (χ3n) is 3.86. The van der Waals surface area contributed by atoms with E-state index in [1.165, 1.54) is 0 Å². The number of aromatic nitrogens is 1. The first-order chi connectivity index (χ1) is 9.61. The zero-order valence-electron chi connectivity index (χ0n) is 11.2. The van der Waals surface area contributed by atoms with E-state index in [2.05, 4.69) is 27.8 Å². The van der Waals surface area contributed by atoms with Crippen molar-refractivity contribution in [2.45, 2.75) is 19.9 Å². The van der Waals surface area contributed by atoms with Crippen molar-refractivity contribution in [3.63, 3.8) is 0 Å². The van der Waals surface area contributed by atoms with E-state index in [-0.39, 0.29) is 0 Å². The average Bonchev–Trinajstić information content (AvgIpc) is 2.44. The molecule has 1 aromatic heterocycles. The molecular weight excluding hydrogens is 320 g/mol. The van der Waals surface area contributed by atoms with Gasteiger partial charge in [0, 0.05) is 40.6 Å². The molecule has 2 aromatic rings. The van der Waals surface area contributed by atoms with Gasteiger partial charge in [-0.1, -0.05) is 19.1 Å². The first-order valence-corrected chi connectivity index (χ1v) is 7.46. The molecule has 1 aliphatic heterocycles. The Morgan fingerprint density at radius 3 is 3.00 bits per heavy atom. The van der Waals surface area contributed by atoms with Gasteiger partial charge in [-0.2, -0.15) is 0 Å². The summed E-state index contributed by atoms with van der Waals surface area (Å²) in [7, 11) is 0. The lowest BCUT2D eigenvalue weighted by molar-refractivity contribution is 0.0695. The second-order valence-electron chi connectivity index (χ2n) is 4.97. The summed E-state index contributed by atoms with van der Waals surface area (Å²) in [6.45, 7) is 4.62. The van der Waals surface area contributed by atoms with Gasteiger partial charge in [-0.15, -0.1) is 0 Å². The number of rotatable bonds is 2. The van der Waals surface area contributed by atoms with Crippen LogP contribution in [0.3, 0.4) is 0 Å². The Morgan fingerprint density at radius 2 is 2.30 bits per heavy atom. The number of carboxylic acid groups (broad SMARTS) is 1. The monoisotopic (exact) mass is 334 g/mol. The van der Waals surface area contributed by atoms with Crippen molar-refractivity contribution < 1.29 is 9.90 Å². The summed E-state index contributed by atoms with van der Waals surface area (Å²) >= 11 is 3.47. The molecule has 0 spiro atoms. The standard InChI is InChI=1S/C15H15BrN2O2/c1-2-18-7-6-12-10(8-18)13(15(19)20)9-4-3-5-11(16)14(9)17-12/h3-5H,2,6-8H2,1H3,(H,19,20). The minimum absolute atomic E-state index is 0.407. The Kier molecular flexibility index (Phi) is 3.48. The Hall–Kier alpha value is -1.46. The van der Waals surface area contributed by atoms with Crippen molar-refractivity contribution in [2.75, 3.05) is 13.1 Å². The van der Waals surface area contributed by atoms with Gasteiger partial charge in [0.05, 0.1) is 11.1 Å². The fraction of sp³-hybridized carbons (Fsp3) is 0.333. The van der Waals surface area contributed by atoms with Gasteiger partial charge in [0.15, 0.2) is 0 Å². The van der Waals surface area contributed by atoms with Crippen LogP contribution < -0.4 is 0 Å². The first-order valence-electron chi connectivity index (χ1n) is 6.67. The molecular formula is C15H15BrN2O2. The van der Waals surface area contributed by atoms with E-state index in [1.807, 2.05) is 18.2 Å². The molecule has 0 saturated heterocycles. The Bertz CT molecular complexity index is 700. The lowest BCUT2D eigenvalue weighted by atomic mass is 9.96. The molecule has 1 N–H and O–H groups in total. The van der Waals surface area contributed by atoms with E-state index in [0.29, 0.717) is 17.5 Å². The molecule has 0 unspecified atom stereocenters. The lowest BCUT2D eigenvalue weighted by Gasteiger charge is -2.28. The van der Waals surface area contributed by atoms with Gasteiger partial charge in [0.25, 0.3) is 0 Å². The van der Waals surface area contributed by atoms with Gasteiger partial charge in [-0.25, -0.2) is 4.79 Å². The first kappa shape index (κ1) is 13.5. The van der Waals surface area contributed by atoms with Crippen molar-refractivity contribution in [2.24, 2.45) is 0 Å². The molecule has 20 heavy (non-hydrogen) atoms. The predicted molar refractivity (Wildman–Crippen MR) is 81.1 cm³/mol. The average molecular weight is 335 g/mol. The molecule has 1 aromatic carbocycles. The summed E-state index contributed by atoms with van der Waals surface area (Å²) in [5.74, 6) is -0.871. The number of benzene rings is 1. The molecule has 4 nitrogen and oxygen atoms in total. The Morgan fingerprint density at radius 1 is 1.50 bits per heavy atom. The number of halogens is 1. The molecule has 2 heterocycles. The highest BCUT2D eigenvalue weighted by Gasteiger charge is 2.25. The third-order valence-corrected chi connectivity index (χ3v) is 4.50. The van der Waals surface area contributed by atoms with Crippen LogP contribution in [0.1, 0.15) is 28.5 Å². The van der Waals surface area contributed by atoms with Crippen LogP contribution in [0.4, 0.5) is 0 Å². The van der Waals surface area contributed by atoms with E-state index in [4.69, 9.17) is 4.98 Å². The maximum absolute atomic E-state index is 11.7. The van der Waals surface area contributed by atoms with Crippen LogP contribution in [0.2, 0.25) is 0 Å². The van der Waals surface area contributed by atoms with E-state index < -0.39 is 5.97 Å². The molecule has 0 atom stereocenters. The van der Waals surface area contributed by atoms with Gasteiger partial charge in [-0.05, 0) is 28.5 Å². The van der Waals surface area contributed by atoms with Crippen LogP contribution in [0.5, 0.6) is 0 Å². The fourth-order valence-corrected chi connectivity index (χ4v) is 3.25. The molecule has 3 rings (SSSR count). The number of aromatic carboxylic acids is 1. The summed E-state index contributed by atoms with van der Waals surface area (Å²) in [6.07, 6.45) is 0.806. The van der Waals surface area contributed by atoms with Crippen molar-refractivity contribution in [3.05, 3.63) is 39.5 Å². The number of pyridine rings is 1. The number of likely N-dealkylation sites (N-methyl/N-ethyl adjacent to an activating group) is 1. The van der Waals surface area contributed by atoms with Crippen molar-refractivity contribution >= 4 is 32.8 Å². The van der Waals surface area contributed by atoms with Gasteiger partial charge < -0.3 is 5.11 Å². The number of nitrogens with zero attached hydrogens (tertiary/aromatic N) is 2. The van der Waals surface area contributed by atoms with E-state index in [9.17, 15) is 9.90 Å². The summed E-state index contributed by atoms with van der Waals surface area (Å²) < 4.78 is 0.846. The third kappa shape index (κ3) is 2.11. The van der Waals surface area contributed by atoms with Crippen LogP contribution in [-0.2, 0) is 13.0 Å². The quantitative estimate of drug-likeness (QED) is 0.916. The molecule has 0 bridgehead atoms. The Balaban J connectivity index is 2.32. The topological polar surface area (TPSA) is 53.4 Å². The van der Waals surface area contributed by atoms with Crippen LogP contribution in [-0.4, -0.2) is 34.0 Å². The zero-order chi connectivity index (χ0) is 14.3. The number of carbonyl (C=O) groups is 1. The highest BCUT2D eigenvalue weighted by atomic mass is 79.9. The molecule has 5 heteroatoms. The maximum Gasteiger partial charge on any atom is 0.336 e. The van der Waals surface area contributed by atoms with Crippen molar-refractivity contribution in [1.29, 1.82) is 0 Å². The van der Waals surface area contributed by atoms with Crippen molar-refractivity contribution in [1.82, 2.24) is 9.88 Å². The number of carboxylic acids is 1. The normalized spacial score (nSPS) is 15.3. The largest absolute Gasteiger partial charge is 0.478 e. The smallest absolute Gasteiger partial charge is 0.336 e. The number of hydrogen-bond acceptors (Lipinski definition) is 3. The molecule has 1 aliphatic rings. The summed E-state index contributed by atoms with van der Waals surface area (Å²) in [5.41, 5.74) is 2.95. The maximum atomic E-state index is 11.7. The summed E-state index contributed by atoms with van der Waals surface area (Å²) in [6, 6.07) is 5.59. The molecule has 104 valence electrons. The van der Waals surface area contributed by atoms with Gasteiger partial charge in [0.1, 0.15) is 0 Å². The zero-order valence-corrected chi connectivity index (χ0v) is 12.8. The molecule has 0 saturated carbocycles. The van der Waals surface area contributed by atoms with Gasteiger partial charge >= 0.3 is 5.97 Å². The minimum atomic E-state index is -0.871. The van der Waals surface area contributed by atoms with E-state index >= 15 is 0 Å². The predicted octanol–water partition coefficient (Wildman–Crippen LogP) is 3.07. The summed E-state index contributed by atoms with van der Waals surface area (Å²) in [4.78, 5) is 18.7. The van der Waals surface area contributed by atoms with E-state index in [0.717, 1.165) is 40.8 Å². The SMILES string of the molecule is CCN1CCc2nc3c(Br)cccc3c(C(=O)O)c2C1. The van der Waals surface area contributed by atoms with Crippen LogP contribution in [0.15, 0.2) is 22.7 Å². The second kappa shape index (κ2) is 5.14.